The minimum absolute atomic E-state index is 0.249. The summed E-state index contributed by atoms with van der Waals surface area (Å²) >= 11 is 0. The lowest BCUT2D eigenvalue weighted by molar-refractivity contribution is -0.123. The van der Waals surface area contributed by atoms with Crippen LogP contribution in [0.15, 0.2) is 36.5 Å². The third-order valence-corrected chi connectivity index (χ3v) is 5.18. The van der Waals surface area contributed by atoms with Crippen molar-refractivity contribution >= 4 is 39.1 Å². The number of anilines is 4. The number of hydrogen-bond acceptors (Lipinski definition) is 7. The van der Waals surface area contributed by atoms with Gasteiger partial charge in [0.15, 0.2) is 0 Å². The molecular weight excluding hydrogens is 380 g/mol. The topological polar surface area (TPSA) is 128 Å². The highest BCUT2D eigenvalue weighted by atomic mass is 32.2. The van der Waals surface area contributed by atoms with Crippen LogP contribution in [0.5, 0.6) is 0 Å². The van der Waals surface area contributed by atoms with Crippen LogP contribution in [0.25, 0.3) is 0 Å². The molecular formula is C18H20N6O3S. The van der Waals surface area contributed by atoms with Crippen molar-refractivity contribution < 1.29 is 13.2 Å². The molecule has 10 heteroatoms. The van der Waals surface area contributed by atoms with Crippen LogP contribution in [-0.4, -0.2) is 37.1 Å². The van der Waals surface area contributed by atoms with Crippen LogP contribution in [0.2, 0.25) is 0 Å². The van der Waals surface area contributed by atoms with Crippen LogP contribution >= 0.6 is 0 Å². The molecule has 1 fully saturated rings. The minimum Gasteiger partial charge on any atom is -0.324 e. The lowest BCUT2D eigenvalue weighted by Crippen LogP contribution is -2.33. The molecule has 0 aliphatic carbocycles. The Hall–Kier alpha value is -3.19. The van der Waals surface area contributed by atoms with E-state index < -0.39 is 15.4 Å². The Morgan fingerprint density at radius 2 is 2.07 bits per heavy atom. The summed E-state index contributed by atoms with van der Waals surface area (Å²) in [5.41, 5.74) is -0.0110. The lowest BCUT2D eigenvalue weighted by Gasteiger charge is -2.19. The molecule has 1 aliphatic rings. The molecule has 2 heterocycles. The van der Waals surface area contributed by atoms with Gasteiger partial charge in [-0.05, 0) is 37.1 Å². The Kier molecular flexibility index (Phi) is 5.20. The fraction of sp³-hybridized carbons (Fsp3) is 0.333. The first-order valence-electron chi connectivity index (χ1n) is 8.67. The van der Waals surface area contributed by atoms with Gasteiger partial charge in [-0.2, -0.15) is 10.2 Å². The predicted octanol–water partition coefficient (Wildman–Crippen LogP) is 2.25. The summed E-state index contributed by atoms with van der Waals surface area (Å²) in [6.07, 6.45) is 3.51. The molecule has 2 aromatic rings. The molecule has 146 valence electrons. The number of nitrogens with zero attached hydrogens (tertiary/aromatic N) is 4. The van der Waals surface area contributed by atoms with Crippen molar-refractivity contribution in [3.05, 3.63) is 36.5 Å². The number of aromatic nitrogens is 2. The first-order valence-corrected chi connectivity index (χ1v) is 10.6. The SMILES string of the molecule is CC[C@]1(C#N)CCN(c2ccnc(Nc3cccc(NS(C)(=O)=O)c3)n2)C1=O. The summed E-state index contributed by atoms with van der Waals surface area (Å²) in [5, 5.41) is 12.4. The molecule has 2 N–H and O–H groups in total. The average molecular weight is 400 g/mol. The molecule has 0 radical (unpaired) electrons. The van der Waals surface area contributed by atoms with Crippen LogP contribution in [0.4, 0.5) is 23.1 Å². The zero-order valence-corrected chi connectivity index (χ0v) is 16.3. The Morgan fingerprint density at radius 1 is 1.32 bits per heavy atom. The van der Waals surface area contributed by atoms with Gasteiger partial charge in [0.2, 0.25) is 21.9 Å². The van der Waals surface area contributed by atoms with Crippen molar-refractivity contribution in [2.75, 3.05) is 27.7 Å². The predicted molar refractivity (Wildman–Crippen MR) is 106 cm³/mol. The van der Waals surface area contributed by atoms with E-state index in [0.29, 0.717) is 36.6 Å². The highest BCUT2D eigenvalue weighted by Crippen LogP contribution is 2.36. The molecule has 1 aliphatic heterocycles. The highest BCUT2D eigenvalue weighted by molar-refractivity contribution is 7.92. The highest BCUT2D eigenvalue weighted by Gasteiger charge is 2.46. The largest absolute Gasteiger partial charge is 0.324 e. The normalized spacial score (nSPS) is 19.3. The van der Waals surface area contributed by atoms with Gasteiger partial charge in [0.25, 0.3) is 0 Å². The first-order chi connectivity index (χ1) is 13.3. The second-order valence-electron chi connectivity index (χ2n) is 6.57. The number of hydrogen-bond donors (Lipinski definition) is 2. The molecule has 1 aromatic carbocycles. The number of amides is 1. The van der Waals surface area contributed by atoms with Gasteiger partial charge in [0.1, 0.15) is 11.2 Å². The summed E-state index contributed by atoms with van der Waals surface area (Å²) in [4.78, 5) is 22.7. The zero-order valence-electron chi connectivity index (χ0n) is 15.5. The quantitative estimate of drug-likeness (QED) is 0.761. The zero-order chi connectivity index (χ0) is 20.4. The molecule has 0 unspecified atom stereocenters. The van der Waals surface area contributed by atoms with Gasteiger partial charge in [-0.15, -0.1) is 0 Å². The second-order valence-corrected chi connectivity index (χ2v) is 8.32. The number of rotatable bonds is 6. The molecule has 0 spiro atoms. The maximum atomic E-state index is 12.7. The van der Waals surface area contributed by atoms with Gasteiger partial charge in [-0.25, -0.2) is 13.4 Å². The Bertz CT molecular complexity index is 1050. The molecule has 3 rings (SSSR count). The van der Waals surface area contributed by atoms with Crippen LogP contribution in [0, 0.1) is 16.7 Å². The van der Waals surface area contributed by atoms with E-state index in [1.165, 1.54) is 11.1 Å². The minimum atomic E-state index is -3.39. The van der Waals surface area contributed by atoms with Gasteiger partial charge in [-0.1, -0.05) is 13.0 Å². The van der Waals surface area contributed by atoms with Gasteiger partial charge >= 0.3 is 0 Å². The molecule has 9 nitrogen and oxygen atoms in total. The van der Waals surface area contributed by atoms with Crippen molar-refractivity contribution in [3.8, 4) is 6.07 Å². The van der Waals surface area contributed by atoms with E-state index in [0.717, 1.165) is 6.26 Å². The molecule has 0 bridgehead atoms. The molecule has 1 saturated heterocycles. The van der Waals surface area contributed by atoms with Crippen molar-refractivity contribution in [1.29, 1.82) is 5.26 Å². The fourth-order valence-corrected chi connectivity index (χ4v) is 3.62. The second kappa shape index (κ2) is 7.44. The number of carbonyl (C=O) groups is 1. The van der Waals surface area contributed by atoms with E-state index in [1.807, 2.05) is 6.92 Å². The number of benzene rings is 1. The van der Waals surface area contributed by atoms with E-state index in [-0.39, 0.29) is 11.9 Å². The van der Waals surface area contributed by atoms with E-state index >= 15 is 0 Å². The van der Waals surface area contributed by atoms with Crippen molar-refractivity contribution in [2.24, 2.45) is 5.41 Å². The van der Waals surface area contributed by atoms with Crippen LogP contribution in [0.1, 0.15) is 19.8 Å². The van der Waals surface area contributed by atoms with Crippen LogP contribution < -0.4 is 14.9 Å². The summed E-state index contributed by atoms with van der Waals surface area (Å²) < 4.78 is 25.2. The number of nitrogens with one attached hydrogen (secondary N) is 2. The lowest BCUT2D eigenvalue weighted by atomic mass is 9.85. The monoisotopic (exact) mass is 400 g/mol. The van der Waals surface area contributed by atoms with Crippen molar-refractivity contribution in [3.63, 3.8) is 0 Å². The van der Waals surface area contributed by atoms with Gasteiger partial charge < -0.3 is 5.32 Å². The van der Waals surface area contributed by atoms with E-state index in [2.05, 4.69) is 26.1 Å². The number of sulfonamides is 1. The number of nitriles is 1. The maximum Gasteiger partial charge on any atom is 0.248 e. The Balaban J connectivity index is 1.81. The summed E-state index contributed by atoms with van der Waals surface area (Å²) in [5.74, 6) is 0.424. The van der Waals surface area contributed by atoms with Crippen molar-refractivity contribution in [2.45, 2.75) is 19.8 Å². The third kappa shape index (κ3) is 4.04. The van der Waals surface area contributed by atoms with E-state index in [4.69, 9.17) is 0 Å². The fourth-order valence-electron chi connectivity index (χ4n) is 3.06. The van der Waals surface area contributed by atoms with Crippen LogP contribution in [0.3, 0.4) is 0 Å². The Morgan fingerprint density at radius 3 is 2.71 bits per heavy atom. The molecule has 1 aromatic heterocycles. The average Bonchev–Trinajstić information content (AvgIpc) is 2.98. The maximum absolute atomic E-state index is 12.7. The summed E-state index contributed by atoms with van der Waals surface area (Å²) in [7, 11) is -3.39. The summed E-state index contributed by atoms with van der Waals surface area (Å²) in [6, 6.07) is 10.4. The standard InChI is InChI=1S/C18H20N6O3S/c1-3-18(12-19)8-10-24(16(18)25)15-7-9-20-17(22-15)21-13-5-4-6-14(11-13)23-28(2,26)27/h4-7,9,11,23H,3,8,10H2,1-2H3,(H,20,21,22)/t18-/m1/s1. The Labute approximate surface area is 163 Å². The van der Waals surface area contributed by atoms with Gasteiger partial charge in [0.05, 0.1) is 18.0 Å². The molecule has 0 saturated carbocycles. The van der Waals surface area contributed by atoms with Crippen molar-refractivity contribution in [1.82, 2.24) is 9.97 Å². The van der Waals surface area contributed by atoms with Gasteiger partial charge in [0, 0.05) is 18.4 Å². The third-order valence-electron chi connectivity index (χ3n) is 4.57. The molecule has 1 amide bonds. The first kappa shape index (κ1) is 19.6. The van der Waals surface area contributed by atoms with E-state index in [9.17, 15) is 18.5 Å². The van der Waals surface area contributed by atoms with Gasteiger partial charge in [-0.3, -0.25) is 14.4 Å². The number of carbonyl (C=O) groups excluding carboxylic acids is 1. The van der Waals surface area contributed by atoms with E-state index in [1.54, 1.807) is 30.3 Å². The van der Waals surface area contributed by atoms with Crippen LogP contribution in [-0.2, 0) is 14.8 Å². The summed E-state index contributed by atoms with van der Waals surface area (Å²) in [6.45, 7) is 2.25. The smallest absolute Gasteiger partial charge is 0.248 e. The molecule has 28 heavy (non-hydrogen) atoms. The molecule has 1 atom stereocenters.